The summed E-state index contributed by atoms with van der Waals surface area (Å²) in [7, 11) is 0. The number of rotatable bonds is 6. The first-order valence-corrected chi connectivity index (χ1v) is 8.71. The summed E-state index contributed by atoms with van der Waals surface area (Å²) in [6, 6.07) is 9.03. The van der Waals surface area contributed by atoms with E-state index in [1.165, 1.54) is 49.9 Å². The van der Waals surface area contributed by atoms with Gasteiger partial charge in [-0.2, -0.15) is 0 Å². The maximum atomic E-state index is 6.74. The van der Waals surface area contributed by atoms with Gasteiger partial charge in [-0.15, -0.1) is 0 Å². The monoisotopic (exact) mass is 288 g/mol. The van der Waals surface area contributed by atoms with Gasteiger partial charge >= 0.3 is 0 Å². The second kappa shape index (κ2) is 7.42. The maximum absolute atomic E-state index is 6.74. The topological polar surface area (TPSA) is 29.3 Å². The average Bonchev–Trinajstić information content (AvgIpc) is 2.55. The molecule has 0 spiro atoms. The molecule has 1 aromatic rings. The van der Waals surface area contributed by atoms with Crippen LogP contribution in [-0.4, -0.2) is 23.5 Å². The Hall–Kier alpha value is -0.860. The lowest BCUT2D eigenvalue weighted by Gasteiger charge is -2.47. The molecule has 118 valence electrons. The fourth-order valence-electron chi connectivity index (χ4n) is 3.63. The molecule has 0 radical (unpaired) electrons. The zero-order chi connectivity index (χ0) is 15.3. The molecule has 1 heterocycles. The third-order valence-electron chi connectivity index (χ3n) is 5.31. The van der Waals surface area contributed by atoms with Gasteiger partial charge in [-0.05, 0) is 56.8 Å². The minimum Gasteiger partial charge on any atom is -0.322 e. The predicted molar refractivity (Wildman–Crippen MR) is 91.5 cm³/mol. The van der Waals surface area contributed by atoms with E-state index in [4.69, 9.17) is 5.73 Å². The van der Waals surface area contributed by atoms with E-state index in [1.807, 2.05) is 0 Å². The highest BCUT2D eigenvalue weighted by atomic mass is 15.2. The van der Waals surface area contributed by atoms with Crippen LogP contribution in [-0.2, 0) is 6.42 Å². The molecular weight excluding hydrogens is 256 g/mol. The molecule has 2 N–H and O–H groups in total. The molecule has 1 aliphatic rings. The lowest BCUT2D eigenvalue weighted by atomic mass is 9.82. The van der Waals surface area contributed by atoms with E-state index in [0.717, 1.165) is 12.8 Å². The molecule has 1 fully saturated rings. The molecule has 21 heavy (non-hydrogen) atoms. The molecule has 2 nitrogen and oxygen atoms in total. The number of nitrogens with two attached hydrogens (primary N) is 1. The minimum atomic E-state index is 0.0747. The molecular formula is C19H32N2. The molecule has 0 aliphatic carbocycles. The Bertz CT molecular complexity index is 437. The number of hydrogen-bond donors (Lipinski definition) is 1. The second-order valence-electron chi connectivity index (χ2n) is 6.73. The molecule has 0 amide bonds. The highest BCUT2D eigenvalue weighted by Crippen LogP contribution is 2.34. The van der Waals surface area contributed by atoms with Crippen molar-refractivity contribution in [2.24, 2.45) is 5.73 Å². The third kappa shape index (κ3) is 3.67. The normalized spacial score (nSPS) is 21.0. The van der Waals surface area contributed by atoms with E-state index >= 15 is 0 Å². The Balaban J connectivity index is 2.21. The van der Waals surface area contributed by atoms with Crippen LogP contribution in [0.5, 0.6) is 0 Å². The van der Waals surface area contributed by atoms with Crippen molar-refractivity contribution < 1.29 is 0 Å². The van der Waals surface area contributed by atoms with Gasteiger partial charge in [0, 0.05) is 11.6 Å². The van der Waals surface area contributed by atoms with E-state index in [0.29, 0.717) is 0 Å². The van der Waals surface area contributed by atoms with Gasteiger partial charge in [0.05, 0.1) is 0 Å². The molecule has 0 saturated carbocycles. The van der Waals surface area contributed by atoms with Gasteiger partial charge in [-0.1, -0.05) is 51.0 Å². The Labute approximate surface area is 130 Å². The van der Waals surface area contributed by atoms with Crippen LogP contribution in [0.2, 0.25) is 0 Å². The number of piperidine rings is 1. The Kier molecular flexibility index (Phi) is 5.83. The molecule has 1 aliphatic heterocycles. The zero-order valence-electron chi connectivity index (χ0n) is 14.1. The van der Waals surface area contributed by atoms with Crippen LogP contribution in [0.1, 0.15) is 70.0 Å². The van der Waals surface area contributed by atoms with Gasteiger partial charge < -0.3 is 5.73 Å². The quantitative estimate of drug-likeness (QED) is 0.846. The van der Waals surface area contributed by atoms with Gasteiger partial charge in [0.15, 0.2) is 0 Å². The Morgan fingerprint density at radius 2 is 1.90 bits per heavy atom. The SMILES string of the molecule is CCCc1cccc(C(N)C(C)(CC)N2CCCCC2)c1. The van der Waals surface area contributed by atoms with E-state index in [2.05, 4.69) is 49.9 Å². The van der Waals surface area contributed by atoms with Crippen molar-refractivity contribution in [1.29, 1.82) is 0 Å². The van der Waals surface area contributed by atoms with Crippen molar-refractivity contribution in [2.45, 2.75) is 70.9 Å². The summed E-state index contributed by atoms with van der Waals surface area (Å²) in [6.07, 6.45) is 7.45. The summed E-state index contributed by atoms with van der Waals surface area (Å²) in [5, 5.41) is 0. The molecule has 2 rings (SSSR count). The van der Waals surface area contributed by atoms with Crippen LogP contribution in [0, 0.1) is 0 Å². The van der Waals surface area contributed by atoms with Crippen molar-refractivity contribution in [3.63, 3.8) is 0 Å². The van der Waals surface area contributed by atoms with Crippen LogP contribution in [0.15, 0.2) is 24.3 Å². The zero-order valence-corrected chi connectivity index (χ0v) is 14.1. The molecule has 2 atom stereocenters. The lowest BCUT2D eigenvalue weighted by molar-refractivity contribution is 0.0542. The summed E-state index contributed by atoms with van der Waals surface area (Å²) in [5.41, 5.74) is 9.53. The number of benzene rings is 1. The fraction of sp³-hybridized carbons (Fsp3) is 0.684. The van der Waals surface area contributed by atoms with Gasteiger partial charge in [-0.3, -0.25) is 4.90 Å². The number of hydrogen-bond acceptors (Lipinski definition) is 2. The summed E-state index contributed by atoms with van der Waals surface area (Å²) < 4.78 is 0. The average molecular weight is 288 g/mol. The van der Waals surface area contributed by atoms with Gasteiger partial charge in [0.2, 0.25) is 0 Å². The van der Waals surface area contributed by atoms with Gasteiger partial charge in [-0.25, -0.2) is 0 Å². The predicted octanol–water partition coefficient (Wildman–Crippen LogP) is 4.29. The molecule has 0 aromatic heterocycles. The number of aryl methyl sites for hydroxylation is 1. The largest absolute Gasteiger partial charge is 0.322 e. The molecule has 1 saturated heterocycles. The highest BCUT2D eigenvalue weighted by Gasteiger charge is 2.37. The molecule has 2 heteroatoms. The van der Waals surface area contributed by atoms with Crippen molar-refractivity contribution in [3.8, 4) is 0 Å². The molecule has 2 unspecified atom stereocenters. The molecule has 1 aromatic carbocycles. The second-order valence-corrected chi connectivity index (χ2v) is 6.73. The molecule has 0 bridgehead atoms. The van der Waals surface area contributed by atoms with Crippen LogP contribution in [0.25, 0.3) is 0 Å². The van der Waals surface area contributed by atoms with Crippen LogP contribution < -0.4 is 5.73 Å². The first kappa shape index (κ1) is 16.5. The van der Waals surface area contributed by atoms with Gasteiger partial charge in [0.1, 0.15) is 0 Å². The van der Waals surface area contributed by atoms with Crippen LogP contribution in [0.3, 0.4) is 0 Å². The van der Waals surface area contributed by atoms with E-state index in [-0.39, 0.29) is 11.6 Å². The third-order valence-corrected chi connectivity index (χ3v) is 5.31. The van der Waals surface area contributed by atoms with Gasteiger partial charge in [0.25, 0.3) is 0 Å². The number of likely N-dealkylation sites (tertiary alicyclic amines) is 1. The minimum absolute atomic E-state index is 0.0747. The van der Waals surface area contributed by atoms with Crippen molar-refractivity contribution in [1.82, 2.24) is 4.90 Å². The first-order chi connectivity index (χ1) is 10.1. The number of nitrogens with zero attached hydrogens (tertiary/aromatic N) is 1. The standard InChI is InChI=1S/C19H32N2/c1-4-10-16-11-9-12-17(15-16)18(20)19(3,5-2)21-13-7-6-8-14-21/h9,11-12,15,18H,4-8,10,13-14,20H2,1-3H3. The smallest absolute Gasteiger partial charge is 0.0479 e. The van der Waals surface area contributed by atoms with Crippen molar-refractivity contribution in [2.75, 3.05) is 13.1 Å². The highest BCUT2D eigenvalue weighted by molar-refractivity contribution is 5.28. The Morgan fingerprint density at radius 1 is 1.19 bits per heavy atom. The van der Waals surface area contributed by atoms with Crippen LogP contribution in [0.4, 0.5) is 0 Å². The lowest BCUT2D eigenvalue weighted by Crippen LogP contribution is -2.54. The summed E-state index contributed by atoms with van der Waals surface area (Å²) in [5.74, 6) is 0. The van der Waals surface area contributed by atoms with Crippen molar-refractivity contribution >= 4 is 0 Å². The summed E-state index contributed by atoms with van der Waals surface area (Å²) >= 11 is 0. The van der Waals surface area contributed by atoms with E-state index < -0.39 is 0 Å². The van der Waals surface area contributed by atoms with Crippen LogP contribution >= 0.6 is 0 Å². The fourth-order valence-corrected chi connectivity index (χ4v) is 3.63. The maximum Gasteiger partial charge on any atom is 0.0479 e. The summed E-state index contributed by atoms with van der Waals surface area (Å²) in [6.45, 7) is 9.27. The van der Waals surface area contributed by atoms with E-state index in [9.17, 15) is 0 Å². The van der Waals surface area contributed by atoms with Crippen molar-refractivity contribution in [3.05, 3.63) is 35.4 Å². The van der Waals surface area contributed by atoms with E-state index in [1.54, 1.807) is 0 Å². The first-order valence-electron chi connectivity index (χ1n) is 8.71. The Morgan fingerprint density at radius 3 is 2.52 bits per heavy atom. The summed E-state index contributed by atoms with van der Waals surface area (Å²) in [4.78, 5) is 2.63.